The van der Waals surface area contributed by atoms with Crippen LogP contribution in [-0.2, 0) is 5.54 Å². The van der Waals surface area contributed by atoms with Gasteiger partial charge in [-0.2, -0.15) is 20.3 Å². The van der Waals surface area contributed by atoms with E-state index in [2.05, 4.69) is 31.4 Å². The fourth-order valence-corrected chi connectivity index (χ4v) is 2.48. The van der Waals surface area contributed by atoms with E-state index < -0.39 is 5.54 Å². The highest BCUT2D eigenvalue weighted by Crippen LogP contribution is 2.27. The summed E-state index contributed by atoms with van der Waals surface area (Å²) in [6.45, 7) is 7.94. The minimum absolute atomic E-state index is 0.408. The van der Waals surface area contributed by atoms with E-state index in [4.69, 9.17) is 4.74 Å². The van der Waals surface area contributed by atoms with Crippen LogP contribution in [0.25, 0.3) is 11.0 Å². The molecular weight excluding hydrogens is 306 g/mol. The van der Waals surface area contributed by atoms with E-state index in [1.807, 2.05) is 33.8 Å². The highest BCUT2D eigenvalue weighted by atomic mass is 16.5. The van der Waals surface area contributed by atoms with Gasteiger partial charge in [-0.3, -0.25) is 0 Å². The van der Waals surface area contributed by atoms with Crippen LogP contribution < -0.4 is 10.1 Å². The van der Waals surface area contributed by atoms with Crippen LogP contribution in [0, 0.1) is 18.3 Å². The van der Waals surface area contributed by atoms with Crippen LogP contribution in [0.2, 0.25) is 0 Å². The van der Waals surface area contributed by atoms with Gasteiger partial charge in [0.2, 0.25) is 11.8 Å². The van der Waals surface area contributed by atoms with Crippen LogP contribution in [0.15, 0.2) is 18.5 Å². The molecule has 0 aliphatic carbocycles. The molecule has 124 valence electrons. The van der Waals surface area contributed by atoms with E-state index >= 15 is 0 Å². The number of H-pyrrole nitrogens is 1. The number of hydrogen-bond donors (Lipinski definition) is 2. The molecule has 0 spiro atoms. The summed E-state index contributed by atoms with van der Waals surface area (Å²) in [6.07, 6.45) is 3.46. The molecule has 0 amide bonds. The molecule has 3 aromatic heterocycles. The molecule has 0 unspecified atom stereocenters. The van der Waals surface area contributed by atoms with Crippen molar-refractivity contribution < 1.29 is 4.74 Å². The van der Waals surface area contributed by atoms with E-state index in [0.29, 0.717) is 24.1 Å². The number of hydrogen-bond acceptors (Lipinski definition) is 6. The maximum atomic E-state index is 9.28. The summed E-state index contributed by atoms with van der Waals surface area (Å²) < 4.78 is 7.26. The minimum atomic E-state index is -0.731. The number of anilines is 2. The van der Waals surface area contributed by atoms with Gasteiger partial charge in [0.25, 0.3) is 0 Å². The monoisotopic (exact) mass is 325 g/mol. The zero-order valence-corrected chi connectivity index (χ0v) is 14.1. The molecule has 3 heterocycles. The minimum Gasteiger partial charge on any atom is -0.477 e. The molecule has 2 N–H and O–H groups in total. The Labute approximate surface area is 139 Å². The molecule has 0 saturated carbocycles. The van der Waals surface area contributed by atoms with E-state index in [1.54, 1.807) is 17.1 Å². The van der Waals surface area contributed by atoms with Crippen LogP contribution in [0.1, 0.15) is 26.5 Å². The molecule has 24 heavy (non-hydrogen) atoms. The Morgan fingerprint density at radius 1 is 1.42 bits per heavy atom. The Hall–Kier alpha value is -3.08. The van der Waals surface area contributed by atoms with Gasteiger partial charge in [-0.15, -0.1) is 0 Å². The first kappa shape index (κ1) is 15.8. The fourth-order valence-electron chi connectivity index (χ4n) is 2.48. The molecule has 0 saturated heterocycles. The molecule has 0 aromatic carbocycles. The number of aromatic nitrogens is 5. The first-order valence-corrected chi connectivity index (χ1v) is 7.67. The maximum Gasteiger partial charge on any atom is 0.232 e. The van der Waals surface area contributed by atoms with E-state index in [1.165, 1.54) is 0 Å². The van der Waals surface area contributed by atoms with Crippen molar-refractivity contribution in [1.82, 2.24) is 24.7 Å². The summed E-state index contributed by atoms with van der Waals surface area (Å²) in [7, 11) is 0. The maximum absolute atomic E-state index is 9.28. The van der Waals surface area contributed by atoms with Crippen LogP contribution in [-0.4, -0.2) is 31.3 Å². The summed E-state index contributed by atoms with van der Waals surface area (Å²) in [4.78, 5) is 11.9. The van der Waals surface area contributed by atoms with Gasteiger partial charge in [0.1, 0.15) is 11.2 Å². The van der Waals surface area contributed by atoms with Gasteiger partial charge in [-0.05, 0) is 33.8 Å². The van der Waals surface area contributed by atoms with Crippen molar-refractivity contribution in [3.8, 4) is 11.9 Å². The molecule has 0 fully saturated rings. The summed E-state index contributed by atoms with van der Waals surface area (Å²) in [5.41, 5.74) is 1.53. The van der Waals surface area contributed by atoms with Gasteiger partial charge in [0.05, 0.1) is 35.6 Å². The topological polar surface area (TPSA) is 104 Å². The summed E-state index contributed by atoms with van der Waals surface area (Å²) >= 11 is 0. The molecular formula is C16H19N7O. The Balaban J connectivity index is 1.98. The SMILES string of the molecule is CCOc1nc(Nc2cnn(C(C)(C)C#N)c2C)nc2[nH]ccc12. The normalized spacial score (nSPS) is 11.5. The quantitative estimate of drug-likeness (QED) is 0.747. The highest BCUT2D eigenvalue weighted by Gasteiger charge is 2.23. The number of ether oxygens (including phenoxy) is 1. The lowest BCUT2D eigenvalue weighted by molar-refractivity contribution is 0.331. The van der Waals surface area contributed by atoms with Gasteiger partial charge >= 0.3 is 0 Å². The van der Waals surface area contributed by atoms with E-state index in [-0.39, 0.29) is 0 Å². The van der Waals surface area contributed by atoms with Crippen molar-refractivity contribution in [2.75, 3.05) is 11.9 Å². The van der Waals surface area contributed by atoms with Crippen molar-refractivity contribution in [3.05, 3.63) is 24.2 Å². The van der Waals surface area contributed by atoms with Crippen molar-refractivity contribution in [2.24, 2.45) is 0 Å². The van der Waals surface area contributed by atoms with Gasteiger partial charge in [-0.25, -0.2) is 4.68 Å². The zero-order chi connectivity index (χ0) is 17.3. The number of fused-ring (bicyclic) bond motifs is 1. The Morgan fingerprint density at radius 3 is 2.92 bits per heavy atom. The van der Waals surface area contributed by atoms with Crippen molar-refractivity contribution >= 4 is 22.7 Å². The summed E-state index contributed by atoms with van der Waals surface area (Å²) in [5, 5.41) is 17.6. The predicted octanol–water partition coefficient (Wildman–Crippen LogP) is 2.86. The average molecular weight is 325 g/mol. The second-order valence-corrected chi connectivity index (χ2v) is 5.88. The first-order valence-electron chi connectivity index (χ1n) is 7.67. The van der Waals surface area contributed by atoms with Crippen molar-refractivity contribution in [3.63, 3.8) is 0 Å². The third kappa shape index (κ3) is 2.65. The second-order valence-electron chi connectivity index (χ2n) is 5.88. The van der Waals surface area contributed by atoms with Crippen LogP contribution in [0.4, 0.5) is 11.6 Å². The molecule has 0 bridgehead atoms. The number of rotatable bonds is 5. The van der Waals surface area contributed by atoms with Gasteiger partial charge in [0.15, 0.2) is 0 Å². The third-order valence-electron chi connectivity index (χ3n) is 3.72. The zero-order valence-electron chi connectivity index (χ0n) is 14.1. The van der Waals surface area contributed by atoms with Crippen LogP contribution >= 0.6 is 0 Å². The Bertz CT molecular complexity index is 916. The molecule has 0 radical (unpaired) electrons. The van der Waals surface area contributed by atoms with Crippen LogP contribution in [0.3, 0.4) is 0 Å². The van der Waals surface area contributed by atoms with Crippen LogP contribution in [0.5, 0.6) is 5.88 Å². The first-order chi connectivity index (χ1) is 11.5. The second kappa shape index (κ2) is 5.85. The predicted molar refractivity (Wildman–Crippen MR) is 90.2 cm³/mol. The lowest BCUT2D eigenvalue weighted by Crippen LogP contribution is -2.26. The van der Waals surface area contributed by atoms with Gasteiger partial charge in [-0.1, -0.05) is 0 Å². The van der Waals surface area contributed by atoms with Gasteiger partial charge in [0, 0.05) is 6.20 Å². The summed E-state index contributed by atoms with van der Waals surface area (Å²) in [5.74, 6) is 0.930. The number of nitriles is 1. The number of nitrogens with one attached hydrogen (secondary N) is 2. The third-order valence-corrected chi connectivity index (χ3v) is 3.72. The number of aromatic amines is 1. The standard InChI is InChI=1S/C16H19N7O/c1-5-24-14-11-6-7-18-13(11)21-15(22-14)20-12-8-19-23(10(12)2)16(3,4)9-17/h6-8H,5H2,1-4H3,(H2,18,20,21,22). The van der Waals surface area contributed by atoms with E-state index in [0.717, 1.165) is 16.8 Å². The number of nitrogens with zero attached hydrogens (tertiary/aromatic N) is 5. The van der Waals surface area contributed by atoms with E-state index in [9.17, 15) is 5.26 Å². The molecule has 8 nitrogen and oxygen atoms in total. The van der Waals surface area contributed by atoms with Gasteiger partial charge < -0.3 is 15.0 Å². The molecule has 3 aromatic rings. The molecule has 0 aliphatic heterocycles. The Kier molecular flexibility index (Phi) is 3.85. The Morgan fingerprint density at radius 2 is 2.21 bits per heavy atom. The highest BCUT2D eigenvalue weighted by molar-refractivity contribution is 5.82. The molecule has 0 aliphatic rings. The lowest BCUT2D eigenvalue weighted by Gasteiger charge is -2.18. The molecule has 8 heteroatoms. The summed E-state index contributed by atoms with van der Waals surface area (Å²) in [6, 6.07) is 4.12. The van der Waals surface area contributed by atoms with Crippen molar-refractivity contribution in [2.45, 2.75) is 33.2 Å². The average Bonchev–Trinajstić information content (AvgIpc) is 3.15. The molecule has 3 rings (SSSR count). The molecule has 0 atom stereocenters. The lowest BCUT2D eigenvalue weighted by atomic mass is 10.1. The smallest absolute Gasteiger partial charge is 0.232 e. The fraction of sp³-hybridized carbons (Fsp3) is 0.375. The van der Waals surface area contributed by atoms with Crippen molar-refractivity contribution in [1.29, 1.82) is 5.26 Å². The largest absolute Gasteiger partial charge is 0.477 e.